The molecule has 0 aliphatic rings. The van der Waals surface area contributed by atoms with Crippen LogP contribution in [0, 0.1) is 0 Å². The van der Waals surface area contributed by atoms with Gasteiger partial charge in [-0.25, -0.2) is 4.99 Å². The number of nitrogens with one attached hydrogen (secondary N) is 1. The first kappa shape index (κ1) is 30.5. The Bertz CT molecular complexity index is 735. The Morgan fingerprint density at radius 1 is 0.758 bits per heavy atom. The molecule has 0 rings (SSSR count). The minimum atomic E-state index is -1.17. The van der Waals surface area contributed by atoms with E-state index in [0.29, 0.717) is 0 Å². The van der Waals surface area contributed by atoms with Gasteiger partial charge in [-0.1, -0.05) is 0 Å². The topological polar surface area (TPSA) is 180 Å². The zero-order chi connectivity index (χ0) is 25.2. The summed E-state index contributed by atoms with van der Waals surface area (Å²) >= 11 is 7.70. The highest BCUT2D eigenvalue weighted by atomic mass is 32.1. The molecular formula is C18H29N5O8S2. The number of carbonyl (C=O) groups is 5. The Morgan fingerprint density at radius 3 is 1.67 bits per heavy atom. The smallest absolute Gasteiger partial charge is 0.317 e. The molecule has 0 saturated heterocycles. The lowest BCUT2D eigenvalue weighted by Gasteiger charge is -2.27. The number of nitrogens with zero attached hydrogens (tertiary/aromatic N) is 4. The van der Waals surface area contributed by atoms with Gasteiger partial charge in [0, 0.05) is 44.3 Å². The van der Waals surface area contributed by atoms with Crippen molar-refractivity contribution < 1.29 is 39.3 Å². The van der Waals surface area contributed by atoms with Crippen LogP contribution in [0.4, 0.5) is 0 Å². The normalized spacial score (nSPS) is 11.7. The summed E-state index contributed by atoms with van der Waals surface area (Å²) < 4.78 is 0. The highest BCUT2D eigenvalue weighted by Gasteiger charge is 2.19. The Hall–Kier alpha value is -2.46. The van der Waals surface area contributed by atoms with Crippen molar-refractivity contribution in [1.82, 2.24) is 20.0 Å². The molecule has 0 aliphatic heterocycles. The molecule has 0 spiro atoms. The molecule has 0 aromatic rings. The average molecular weight is 508 g/mol. The lowest BCUT2D eigenvalue weighted by atomic mass is 10.3. The van der Waals surface area contributed by atoms with Gasteiger partial charge in [0.25, 0.3) is 5.91 Å². The van der Waals surface area contributed by atoms with Gasteiger partial charge >= 0.3 is 17.9 Å². The molecule has 0 bridgehead atoms. The summed E-state index contributed by atoms with van der Waals surface area (Å²) in [5, 5.41) is 31.0. The van der Waals surface area contributed by atoms with Crippen LogP contribution >= 0.6 is 25.3 Å². The highest BCUT2D eigenvalue weighted by Crippen LogP contribution is 1.98. The van der Waals surface area contributed by atoms with Crippen LogP contribution in [0.2, 0.25) is 0 Å². The number of carboxylic acids is 3. The van der Waals surface area contributed by atoms with Crippen molar-refractivity contribution in [2.45, 2.75) is 0 Å². The van der Waals surface area contributed by atoms with Crippen LogP contribution in [0.25, 0.3) is 0 Å². The Kier molecular flexibility index (Phi) is 16.7. The van der Waals surface area contributed by atoms with Crippen molar-refractivity contribution in [3.8, 4) is 0 Å². The molecule has 0 saturated carbocycles. The molecule has 0 atom stereocenters. The van der Waals surface area contributed by atoms with Gasteiger partial charge in [-0.05, 0) is 5.41 Å². The van der Waals surface area contributed by atoms with Gasteiger partial charge in [0.2, 0.25) is 5.91 Å². The monoisotopic (exact) mass is 507 g/mol. The van der Waals surface area contributed by atoms with Gasteiger partial charge in [0.1, 0.15) is 0 Å². The van der Waals surface area contributed by atoms with Gasteiger partial charge in [-0.3, -0.25) is 38.7 Å². The SMILES string of the molecule is O=C(O)CN(CCN(CC(=O)O)CC(=O)N=CCS)CCN(CC(=O)O)CC(=O)N/C=C/S. The summed E-state index contributed by atoms with van der Waals surface area (Å²) in [7, 11) is 0. The quantitative estimate of drug-likeness (QED) is 0.0909. The van der Waals surface area contributed by atoms with Gasteiger partial charge in [0.15, 0.2) is 0 Å². The molecule has 15 heteroatoms. The highest BCUT2D eigenvalue weighted by molar-refractivity contribution is 7.83. The Morgan fingerprint density at radius 2 is 1.21 bits per heavy atom. The van der Waals surface area contributed by atoms with Crippen molar-refractivity contribution in [1.29, 1.82) is 0 Å². The lowest BCUT2D eigenvalue weighted by Crippen LogP contribution is -2.46. The zero-order valence-corrected chi connectivity index (χ0v) is 19.7. The van der Waals surface area contributed by atoms with Crippen LogP contribution in [0.5, 0.6) is 0 Å². The van der Waals surface area contributed by atoms with Gasteiger partial charge in [-0.15, -0.1) is 12.6 Å². The van der Waals surface area contributed by atoms with Crippen molar-refractivity contribution in [2.24, 2.45) is 4.99 Å². The van der Waals surface area contributed by atoms with Gasteiger partial charge in [0.05, 0.1) is 32.7 Å². The molecule has 4 N–H and O–H groups in total. The fourth-order valence-electron chi connectivity index (χ4n) is 2.59. The minimum Gasteiger partial charge on any atom is -0.480 e. The second-order valence-electron chi connectivity index (χ2n) is 6.65. The molecule has 0 heterocycles. The van der Waals surface area contributed by atoms with Crippen molar-refractivity contribution in [3.05, 3.63) is 11.6 Å². The van der Waals surface area contributed by atoms with E-state index >= 15 is 0 Å². The molecule has 0 radical (unpaired) electrons. The Balaban J connectivity index is 5.10. The first-order valence-electron chi connectivity index (χ1n) is 9.64. The summed E-state index contributed by atoms with van der Waals surface area (Å²) in [6.45, 7) is -1.54. The molecule has 0 aromatic carbocycles. The number of aliphatic imine (C=N–C) groups is 1. The van der Waals surface area contributed by atoms with E-state index in [1.165, 1.54) is 32.5 Å². The van der Waals surface area contributed by atoms with Crippen LogP contribution in [0.1, 0.15) is 0 Å². The van der Waals surface area contributed by atoms with E-state index in [9.17, 15) is 29.1 Å². The van der Waals surface area contributed by atoms with Crippen molar-refractivity contribution in [3.63, 3.8) is 0 Å². The molecule has 13 nitrogen and oxygen atoms in total. The molecule has 0 unspecified atom stereocenters. The fraction of sp³-hybridized carbons (Fsp3) is 0.556. The van der Waals surface area contributed by atoms with E-state index in [0.717, 1.165) is 0 Å². The number of amides is 2. The third-order valence-electron chi connectivity index (χ3n) is 3.90. The van der Waals surface area contributed by atoms with Crippen LogP contribution < -0.4 is 5.32 Å². The van der Waals surface area contributed by atoms with Crippen LogP contribution in [-0.2, 0) is 24.0 Å². The van der Waals surface area contributed by atoms with E-state index in [4.69, 9.17) is 10.2 Å². The first-order valence-corrected chi connectivity index (χ1v) is 10.8. The van der Waals surface area contributed by atoms with Crippen molar-refractivity contribution in [2.75, 3.05) is 64.7 Å². The number of rotatable bonds is 18. The lowest BCUT2D eigenvalue weighted by molar-refractivity contribution is -0.141. The van der Waals surface area contributed by atoms with Gasteiger partial charge < -0.3 is 20.6 Å². The third kappa shape index (κ3) is 17.7. The number of aliphatic carboxylic acids is 3. The molecule has 0 fully saturated rings. The van der Waals surface area contributed by atoms with Gasteiger partial charge in [-0.2, -0.15) is 12.6 Å². The summed E-state index contributed by atoms with van der Waals surface area (Å²) in [4.78, 5) is 64.8. The van der Waals surface area contributed by atoms with E-state index in [1.54, 1.807) is 0 Å². The standard InChI is InChI=1S/C18H29N5O8S2/c24-14(19-1-7-32)9-22(12-17(28)29)5-3-21(11-16(26)27)4-6-23(13-18(30)31)10-15(25)20-2-8-33/h1-2,7,32-33H,3-6,8-13H2,(H,19,24)(H,26,27)(H,28,29)(H,30,31)/b7-1+,20-2?. The number of thiol groups is 2. The van der Waals surface area contributed by atoms with E-state index in [2.05, 4.69) is 35.6 Å². The van der Waals surface area contributed by atoms with Crippen molar-refractivity contribution >= 4 is 61.2 Å². The number of carbonyl (C=O) groups excluding carboxylic acids is 2. The molecule has 0 aliphatic carbocycles. The summed E-state index contributed by atoms with van der Waals surface area (Å²) in [5.41, 5.74) is 0. The predicted octanol–water partition coefficient (Wildman–Crippen LogP) is -1.81. The van der Waals surface area contributed by atoms with Crippen LogP contribution in [0.3, 0.4) is 0 Å². The molecule has 186 valence electrons. The second kappa shape index (κ2) is 18.0. The Labute approximate surface area is 201 Å². The molecule has 0 aromatic heterocycles. The maximum absolute atomic E-state index is 11.9. The number of carboxylic acid groups (broad SMARTS) is 3. The average Bonchev–Trinajstić information content (AvgIpc) is 2.71. The predicted molar refractivity (Wildman–Crippen MR) is 126 cm³/mol. The van der Waals surface area contributed by atoms with E-state index in [1.807, 2.05) is 0 Å². The van der Waals surface area contributed by atoms with E-state index in [-0.39, 0.29) is 45.0 Å². The fourth-order valence-corrected chi connectivity index (χ4v) is 2.75. The summed E-state index contributed by atoms with van der Waals surface area (Å²) in [6, 6.07) is 0. The van der Waals surface area contributed by atoms with Crippen LogP contribution in [0.15, 0.2) is 16.6 Å². The van der Waals surface area contributed by atoms with E-state index < -0.39 is 49.4 Å². The second-order valence-corrected chi connectivity index (χ2v) is 7.31. The number of hydrogen-bond donors (Lipinski definition) is 6. The molecule has 33 heavy (non-hydrogen) atoms. The molecular weight excluding hydrogens is 478 g/mol. The zero-order valence-electron chi connectivity index (χ0n) is 17.9. The largest absolute Gasteiger partial charge is 0.480 e. The van der Waals surface area contributed by atoms with Crippen LogP contribution in [-0.4, -0.2) is 131 Å². The summed E-state index contributed by atoms with van der Waals surface area (Å²) in [6.07, 6.45) is 2.56. The summed E-state index contributed by atoms with van der Waals surface area (Å²) in [5.74, 6) is -4.27. The minimum absolute atomic E-state index is 0.0495. The maximum Gasteiger partial charge on any atom is 0.317 e. The maximum atomic E-state index is 11.9. The third-order valence-corrected chi connectivity index (χ3v) is 4.22. The molecule has 2 amide bonds. The number of hydrogen-bond acceptors (Lipinski definition) is 10. The first-order chi connectivity index (χ1) is 15.6.